The van der Waals surface area contributed by atoms with Crippen molar-refractivity contribution < 1.29 is 14.3 Å². The van der Waals surface area contributed by atoms with Crippen molar-refractivity contribution >= 4 is 41.3 Å². The summed E-state index contributed by atoms with van der Waals surface area (Å²) >= 11 is 2.72. The van der Waals surface area contributed by atoms with Crippen LogP contribution in [0.15, 0.2) is 21.9 Å². The molecule has 34 heavy (non-hydrogen) atoms. The molecule has 1 saturated heterocycles. The van der Waals surface area contributed by atoms with Gasteiger partial charge in [-0.3, -0.25) is 0 Å². The largest absolute Gasteiger partial charge is 0.444 e. The van der Waals surface area contributed by atoms with Gasteiger partial charge in [-0.15, -0.1) is 0 Å². The summed E-state index contributed by atoms with van der Waals surface area (Å²) in [6.07, 6.45) is 0.964. The van der Waals surface area contributed by atoms with E-state index in [9.17, 15) is 20.1 Å². The minimum absolute atomic E-state index is 0.335. The second kappa shape index (κ2) is 10.9. The fourth-order valence-corrected chi connectivity index (χ4v) is 5.44. The molecule has 1 atom stereocenters. The molecule has 0 radical (unpaired) electrons. The molecule has 0 bridgehead atoms. The van der Waals surface area contributed by atoms with Crippen LogP contribution in [0.25, 0.3) is 0 Å². The summed E-state index contributed by atoms with van der Waals surface area (Å²) in [7, 11) is 0. The number of nitrogens with zero attached hydrogens (tertiary/aromatic N) is 5. The van der Waals surface area contributed by atoms with E-state index in [1.54, 1.807) is 4.90 Å². The van der Waals surface area contributed by atoms with Crippen molar-refractivity contribution in [2.75, 3.05) is 31.1 Å². The van der Waals surface area contributed by atoms with Crippen LogP contribution in [0.2, 0.25) is 0 Å². The third-order valence-corrected chi connectivity index (χ3v) is 7.15. The van der Waals surface area contributed by atoms with Gasteiger partial charge in [-0.2, -0.15) is 21.9 Å². The van der Waals surface area contributed by atoms with Crippen LogP contribution in [0.5, 0.6) is 0 Å². The Kier molecular flexibility index (Phi) is 8.19. The van der Waals surface area contributed by atoms with Gasteiger partial charge in [0, 0.05) is 26.2 Å². The Morgan fingerprint density at radius 2 is 1.94 bits per heavy atom. The maximum Gasteiger partial charge on any atom is 0.410 e. The second-order valence-electron chi connectivity index (χ2n) is 8.73. The van der Waals surface area contributed by atoms with Gasteiger partial charge in [-0.1, -0.05) is 18.7 Å². The molecule has 8 nitrogen and oxygen atoms in total. The average molecular weight is 498 g/mol. The lowest BCUT2D eigenvalue weighted by molar-refractivity contribution is -0.107. The molecule has 178 valence electrons. The Morgan fingerprint density at radius 1 is 1.26 bits per heavy atom. The van der Waals surface area contributed by atoms with Gasteiger partial charge < -0.3 is 19.3 Å². The summed E-state index contributed by atoms with van der Waals surface area (Å²) in [5.74, 6) is 0.486. The van der Waals surface area contributed by atoms with E-state index in [-0.39, 0.29) is 6.09 Å². The predicted octanol–water partition coefficient (Wildman–Crippen LogP) is 4.54. The molecule has 0 spiro atoms. The van der Waals surface area contributed by atoms with Crippen molar-refractivity contribution in [2.24, 2.45) is 0 Å². The maximum absolute atomic E-state index is 12.4. The summed E-state index contributed by atoms with van der Waals surface area (Å²) in [5.41, 5.74) is 1.61. The standard InChI is InChI=1S/C24H27N5O3S2/c1-5-17-18(12-25)21(28-7-9-29(10-8-28)23(31)32-24(2,3)4)27-22(19(17)13-26)34-20(14-30)16-6-11-33-15-16/h6,11,14-15,20H,5,7-10H2,1-4H3. The number of anilines is 1. The van der Waals surface area contributed by atoms with Gasteiger partial charge in [-0.05, 0) is 55.1 Å². The Balaban J connectivity index is 1.93. The van der Waals surface area contributed by atoms with Crippen molar-refractivity contribution in [2.45, 2.75) is 50.0 Å². The first-order valence-electron chi connectivity index (χ1n) is 11.0. The number of hydrogen-bond acceptors (Lipinski definition) is 9. The number of thioether (sulfide) groups is 1. The van der Waals surface area contributed by atoms with Gasteiger partial charge in [0.2, 0.25) is 0 Å². The number of piperazine rings is 1. The highest BCUT2D eigenvalue weighted by Crippen LogP contribution is 2.39. The number of amides is 1. The lowest BCUT2D eigenvalue weighted by Gasteiger charge is -2.36. The van der Waals surface area contributed by atoms with Crippen LogP contribution in [0.1, 0.15) is 55.2 Å². The van der Waals surface area contributed by atoms with Crippen LogP contribution in [-0.4, -0.2) is 54.0 Å². The highest BCUT2D eigenvalue weighted by Gasteiger charge is 2.30. The normalized spacial score (nSPS) is 14.8. The van der Waals surface area contributed by atoms with Crippen LogP contribution in [0.4, 0.5) is 10.6 Å². The summed E-state index contributed by atoms with van der Waals surface area (Å²) in [5, 5.41) is 23.6. The molecule has 0 saturated carbocycles. The molecule has 1 aliphatic rings. The molecule has 2 aromatic rings. The Labute approximate surface area is 208 Å². The number of ether oxygens (including phenoxy) is 1. The number of hydrogen-bond donors (Lipinski definition) is 0. The molecule has 1 fully saturated rings. The van der Waals surface area contributed by atoms with E-state index >= 15 is 0 Å². The van der Waals surface area contributed by atoms with Gasteiger partial charge in [-0.25, -0.2) is 9.78 Å². The number of thiophene rings is 1. The third-order valence-electron chi connectivity index (χ3n) is 5.29. The highest BCUT2D eigenvalue weighted by molar-refractivity contribution is 8.00. The lowest BCUT2D eigenvalue weighted by Crippen LogP contribution is -2.50. The van der Waals surface area contributed by atoms with Crippen LogP contribution >= 0.6 is 23.1 Å². The van der Waals surface area contributed by atoms with E-state index in [0.717, 1.165) is 11.8 Å². The average Bonchev–Trinajstić information content (AvgIpc) is 3.35. The second-order valence-corrected chi connectivity index (χ2v) is 10.6. The first-order chi connectivity index (χ1) is 16.2. The van der Waals surface area contributed by atoms with E-state index in [1.807, 2.05) is 49.4 Å². The maximum atomic E-state index is 12.4. The number of nitriles is 2. The minimum Gasteiger partial charge on any atom is -0.444 e. The number of rotatable bonds is 6. The van der Waals surface area contributed by atoms with Crippen molar-refractivity contribution in [1.29, 1.82) is 10.5 Å². The zero-order valence-corrected chi connectivity index (χ0v) is 21.3. The zero-order valence-electron chi connectivity index (χ0n) is 19.7. The monoisotopic (exact) mass is 497 g/mol. The highest BCUT2D eigenvalue weighted by atomic mass is 32.2. The molecule has 0 aromatic carbocycles. The Morgan fingerprint density at radius 3 is 2.44 bits per heavy atom. The van der Waals surface area contributed by atoms with E-state index < -0.39 is 10.9 Å². The van der Waals surface area contributed by atoms with Crippen molar-refractivity contribution in [3.63, 3.8) is 0 Å². The SMILES string of the molecule is CCc1c(C#N)c(SC(C=O)c2ccsc2)nc(N2CCN(C(=O)OC(C)(C)C)CC2)c1C#N. The molecular weight excluding hydrogens is 470 g/mol. The number of carbonyl (C=O) groups excluding carboxylic acids is 2. The zero-order chi connectivity index (χ0) is 24.9. The summed E-state index contributed by atoms with van der Waals surface area (Å²) in [6.45, 7) is 9.18. The molecule has 1 unspecified atom stereocenters. The first-order valence-corrected chi connectivity index (χ1v) is 12.8. The summed E-state index contributed by atoms with van der Waals surface area (Å²) in [6, 6.07) is 6.32. The predicted molar refractivity (Wildman–Crippen MR) is 132 cm³/mol. The van der Waals surface area contributed by atoms with E-state index in [4.69, 9.17) is 9.72 Å². The smallest absolute Gasteiger partial charge is 0.410 e. The number of aldehydes is 1. The van der Waals surface area contributed by atoms with Crippen LogP contribution < -0.4 is 4.90 Å². The van der Waals surface area contributed by atoms with E-state index in [0.29, 0.717) is 60.1 Å². The molecule has 0 N–H and O–H groups in total. The molecule has 3 heterocycles. The number of pyridine rings is 1. The van der Waals surface area contributed by atoms with Crippen LogP contribution in [0, 0.1) is 22.7 Å². The molecule has 2 aromatic heterocycles. The fourth-order valence-electron chi connectivity index (χ4n) is 3.66. The third kappa shape index (κ3) is 5.69. The van der Waals surface area contributed by atoms with Gasteiger partial charge in [0.25, 0.3) is 0 Å². The molecule has 10 heteroatoms. The Hall–Kier alpha value is -3.08. The first kappa shape index (κ1) is 25.5. The molecule has 1 amide bonds. The van der Waals surface area contributed by atoms with Gasteiger partial charge in [0.1, 0.15) is 34.9 Å². The molecule has 3 rings (SSSR count). The minimum atomic E-state index is -0.573. The van der Waals surface area contributed by atoms with E-state index in [2.05, 4.69) is 12.1 Å². The number of carbonyl (C=O) groups is 2. The van der Waals surface area contributed by atoms with E-state index in [1.165, 1.54) is 23.1 Å². The molecular formula is C24H27N5O3S2. The molecule has 0 aliphatic carbocycles. The lowest BCUT2D eigenvalue weighted by atomic mass is 10.0. The van der Waals surface area contributed by atoms with Crippen LogP contribution in [-0.2, 0) is 16.0 Å². The van der Waals surface area contributed by atoms with Crippen molar-refractivity contribution in [3.05, 3.63) is 39.1 Å². The topological polar surface area (TPSA) is 110 Å². The summed E-state index contributed by atoms with van der Waals surface area (Å²) < 4.78 is 5.47. The van der Waals surface area contributed by atoms with Gasteiger partial charge >= 0.3 is 6.09 Å². The summed E-state index contributed by atoms with van der Waals surface area (Å²) in [4.78, 5) is 32.6. The van der Waals surface area contributed by atoms with Crippen molar-refractivity contribution in [3.8, 4) is 12.1 Å². The van der Waals surface area contributed by atoms with Crippen LogP contribution in [0.3, 0.4) is 0 Å². The van der Waals surface area contributed by atoms with Gasteiger partial charge in [0.15, 0.2) is 0 Å². The van der Waals surface area contributed by atoms with Gasteiger partial charge in [0.05, 0.1) is 16.4 Å². The van der Waals surface area contributed by atoms with Crippen molar-refractivity contribution in [1.82, 2.24) is 9.88 Å². The quantitative estimate of drug-likeness (QED) is 0.423. The Bertz CT molecular complexity index is 1120. The fraction of sp³-hybridized carbons (Fsp3) is 0.458. The number of aromatic nitrogens is 1. The molecule has 1 aliphatic heterocycles.